The lowest BCUT2D eigenvalue weighted by Gasteiger charge is -2.29. The standard InChI is InChI=1S/C32H60N6O7.C7H13NO2.C7H15NO/c1-31(2,3)44-25-32(4,5)45-27(40)35-21-15-9-12-18-24-38-29(42)36(22-16-10-7-13-19-33-6)28(41)37(30(38)43)23-17-11-8-14-20-34-26-39;1-6-3-8(6)4-7(2)10-5-9;1-6-4-8(6)5-7(2)9-3/h26,33H,7-25H2,1-6H3,(H,34,39)(H,35,40);5-7H,3-4H2,1-2H3;6-7H,4-5H2,1-3H3. The minimum Gasteiger partial charge on any atom is -0.464 e. The molecular formula is C46H88N8O10. The van der Waals surface area contributed by atoms with E-state index in [2.05, 4.69) is 46.5 Å². The predicted molar refractivity (Wildman–Crippen MR) is 252 cm³/mol. The Hall–Kier alpha value is -3.58. The van der Waals surface area contributed by atoms with Crippen LogP contribution in [0.5, 0.6) is 0 Å². The van der Waals surface area contributed by atoms with Crippen LogP contribution in [0.1, 0.15) is 139 Å². The first kappa shape index (κ1) is 58.4. The van der Waals surface area contributed by atoms with E-state index >= 15 is 0 Å². The number of aromatic nitrogens is 3. The Kier molecular flexibility index (Phi) is 29.4. The summed E-state index contributed by atoms with van der Waals surface area (Å²) in [6.45, 7) is 25.8. The minimum atomic E-state index is -0.755. The molecule has 18 heteroatoms. The van der Waals surface area contributed by atoms with Crippen molar-refractivity contribution in [3.63, 3.8) is 0 Å². The van der Waals surface area contributed by atoms with E-state index in [9.17, 15) is 28.8 Å². The van der Waals surface area contributed by atoms with Gasteiger partial charge in [-0.15, -0.1) is 0 Å². The van der Waals surface area contributed by atoms with Crippen LogP contribution in [-0.4, -0.2) is 145 Å². The molecule has 0 spiro atoms. The first-order valence-electron chi connectivity index (χ1n) is 23.8. The third-order valence-electron chi connectivity index (χ3n) is 10.9. The van der Waals surface area contributed by atoms with Gasteiger partial charge in [-0.1, -0.05) is 38.5 Å². The van der Waals surface area contributed by atoms with Gasteiger partial charge in [-0.25, -0.2) is 32.9 Å². The predicted octanol–water partition coefficient (Wildman–Crippen LogP) is 4.12. The Bertz CT molecular complexity index is 1620. The van der Waals surface area contributed by atoms with Gasteiger partial charge in [0.2, 0.25) is 6.41 Å². The molecule has 0 bridgehead atoms. The lowest BCUT2D eigenvalue weighted by Crippen LogP contribution is -2.54. The number of methoxy groups -OCH3 is 1. The summed E-state index contributed by atoms with van der Waals surface area (Å²) in [6, 6.07) is 1.50. The van der Waals surface area contributed by atoms with Gasteiger partial charge in [0.15, 0.2) is 0 Å². The highest BCUT2D eigenvalue weighted by Gasteiger charge is 2.31. The Morgan fingerprint density at radius 3 is 1.50 bits per heavy atom. The summed E-state index contributed by atoms with van der Waals surface area (Å²) in [4.78, 5) is 76.8. The van der Waals surface area contributed by atoms with Crippen molar-refractivity contribution in [2.75, 3.05) is 66.6 Å². The van der Waals surface area contributed by atoms with Crippen LogP contribution in [0.25, 0.3) is 0 Å². The van der Waals surface area contributed by atoms with Crippen molar-refractivity contribution in [3.8, 4) is 0 Å². The molecule has 2 amide bonds. The van der Waals surface area contributed by atoms with E-state index in [0.717, 1.165) is 90.0 Å². The molecule has 2 saturated heterocycles. The van der Waals surface area contributed by atoms with Crippen LogP contribution in [0.2, 0.25) is 0 Å². The van der Waals surface area contributed by atoms with Crippen LogP contribution in [-0.2, 0) is 48.2 Å². The van der Waals surface area contributed by atoms with Crippen LogP contribution >= 0.6 is 0 Å². The number of carbonyl (C=O) groups is 3. The molecule has 1 aromatic heterocycles. The largest absolute Gasteiger partial charge is 0.464 e. The average Bonchev–Trinajstić information content (AvgIpc) is 4.13. The number of carbonyl (C=O) groups excluding carboxylic acids is 3. The lowest BCUT2D eigenvalue weighted by atomic mass is 10.1. The Balaban J connectivity index is 0.000000870. The number of ether oxygens (including phenoxy) is 4. The molecule has 0 saturated carbocycles. The van der Waals surface area contributed by atoms with Gasteiger partial charge in [0.05, 0.1) is 18.3 Å². The zero-order valence-corrected chi connectivity index (χ0v) is 41.5. The summed E-state index contributed by atoms with van der Waals surface area (Å²) in [5.41, 5.74) is -2.71. The van der Waals surface area contributed by atoms with E-state index in [1.165, 1.54) is 20.2 Å². The maximum absolute atomic E-state index is 13.3. The van der Waals surface area contributed by atoms with Gasteiger partial charge in [0, 0.05) is 78.1 Å². The molecule has 6 atom stereocenters. The van der Waals surface area contributed by atoms with Crippen molar-refractivity contribution in [2.24, 2.45) is 0 Å². The second kappa shape index (κ2) is 32.2. The quantitative estimate of drug-likeness (QED) is 0.0532. The maximum Gasteiger partial charge on any atom is 0.407 e. The Morgan fingerprint density at radius 1 is 0.688 bits per heavy atom. The highest BCUT2D eigenvalue weighted by atomic mass is 16.6. The molecule has 18 nitrogen and oxygen atoms in total. The Morgan fingerprint density at radius 2 is 1.11 bits per heavy atom. The fraction of sp³-hybridized carbons (Fsp3) is 0.870. The number of hydrogen-bond donors (Lipinski definition) is 3. The fourth-order valence-corrected chi connectivity index (χ4v) is 6.70. The summed E-state index contributed by atoms with van der Waals surface area (Å²) in [6.07, 6.45) is 10.2. The first-order chi connectivity index (χ1) is 30.3. The molecule has 2 aliphatic rings. The molecule has 372 valence electrons. The molecule has 3 rings (SSSR count). The normalized spacial score (nSPS) is 18.6. The molecule has 3 N–H and O–H groups in total. The number of unbranched alkanes of at least 4 members (excludes halogenated alkanes) is 9. The van der Waals surface area contributed by atoms with Crippen molar-refractivity contribution >= 4 is 19.0 Å². The van der Waals surface area contributed by atoms with Gasteiger partial charge < -0.3 is 34.9 Å². The summed E-state index contributed by atoms with van der Waals surface area (Å²) < 4.78 is 24.7. The van der Waals surface area contributed by atoms with Crippen molar-refractivity contribution in [2.45, 2.75) is 194 Å². The first-order valence-corrected chi connectivity index (χ1v) is 23.8. The van der Waals surface area contributed by atoms with E-state index < -0.39 is 28.8 Å². The van der Waals surface area contributed by atoms with Crippen LogP contribution in [0, 0.1) is 0 Å². The smallest absolute Gasteiger partial charge is 0.407 e. The van der Waals surface area contributed by atoms with Crippen LogP contribution < -0.4 is 33.0 Å². The number of hydrogen-bond acceptors (Lipinski definition) is 13. The molecule has 6 unspecified atom stereocenters. The van der Waals surface area contributed by atoms with Crippen molar-refractivity contribution < 1.29 is 33.3 Å². The summed E-state index contributed by atoms with van der Waals surface area (Å²) >= 11 is 0. The van der Waals surface area contributed by atoms with Crippen LogP contribution in [0.4, 0.5) is 4.79 Å². The average molecular weight is 913 g/mol. The van der Waals surface area contributed by atoms with Crippen LogP contribution in [0.3, 0.4) is 0 Å². The maximum atomic E-state index is 13.3. The lowest BCUT2D eigenvalue weighted by molar-refractivity contribution is -0.133. The molecule has 0 aliphatic carbocycles. The number of alkyl carbamates (subject to hydrolysis) is 1. The molecular weight excluding hydrogens is 825 g/mol. The molecule has 3 heterocycles. The molecule has 0 radical (unpaired) electrons. The third-order valence-corrected chi connectivity index (χ3v) is 10.9. The minimum absolute atomic E-state index is 0.0439. The highest BCUT2D eigenvalue weighted by molar-refractivity contribution is 5.67. The third kappa shape index (κ3) is 27.0. The molecule has 2 aliphatic heterocycles. The van der Waals surface area contributed by atoms with E-state index in [1.807, 2.05) is 34.7 Å². The summed E-state index contributed by atoms with van der Waals surface area (Å²) in [7, 11) is 3.67. The zero-order chi connectivity index (χ0) is 48.1. The van der Waals surface area contributed by atoms with Crippen molar-refractivity contribution in [1.82, 2.24) is 39.5 Å². The number of nitrogens with one attached hydrogen (secondary N) is 3. The van der Waals surface area contributed by atoms with Gasteiger partial charge >= 0.3 is 23.2 Å². The van der Waals surface area contributed by atoms with E-state index in [1.54, 1.807) is 21.0 Å². The summed E-state index contributed by atoms with van der Waals surface area (Å²) in [5, 5.41) is 8.52. The van der Waals surface area contributed by atoms with Gasteiger partial charge in [-0.3, -0.25) is 19.4 Å². The van der Waals surface area contributed by atoms with Gasteiger partial charge in [-0.2, -0.15) is 0 Å². The highest BCUT2D eigenvalue weighted by Crippen LogP contribution is 2.18. The van der Waals surface area contributed by atoms with E-state index in [0.29, 0.717) is 57.4 Å². The topological polar surface area (TPSA) is 196 Å². The van der Waals surface area contributed by atoms with Gasteiger partial charge in [0.1, 0.15) is 11.7 Å². The molecule has 64 heavy (non-hydrogen) atoms. The van der Waals surface area contributed by atoms with E-state index in [-0.39, 0.29) is 37.9 Å². The van der Waals surface area contributed by atoms with Gasteiger partial charge in [-0.05, 0) is 114 Å². The van der Waals surface area contributed by atoms with Crippen molar-refractivity contribution in [3.05, 3.63) is 31.5 Å². The Labute approximate surface area is 383 Å². The fourth-order valence-electron chi connectivity index (χ4n) is 6.70. The zero-order valence-electron chi connectivity index (χ0n) is 41.5. The second-order valence-electron chi connectivity index (χ2n) is 18.9. The van der Waals surface area contributed by atoms with Crippen molar-refractivity contribution in [1.29, 1.82) is 0 Å². The number of amides is 2. The monoisotopic (exact) mass is 913 g/mol. The van der Waals surface area contributed by atoms with Gasteiger partial charge in [0.25, 0.3) is 6.47 Å². The molecule has 2 fully saturated rings. The second-order valence-corrected chi connectivity index (χ2v) is 18.9. The number of nitrogens with zero attached hydrogens (tertiary/aromatic N) is 5. The number of rotatable bonds is 32. The molecule has 1 aromatic rings. The SMILES string of the molecule is CC(CN1CC1C)OC=O.CNCCCCCCn1c(=O)n(CCCCCCNC=O)c(=O)n(CCCCCCNC(=O)OC(C)(C)COC(C)(C)C)c1=O.COC(C)CN1CC1C. The molecule has 0 aromatic carbocycles. The van der Waals surface area contributed by atoms with E-state index in [4.69, 9.17) is 18.9 Å². The van der Waals surface area contributed by atoms with Crippen LogP contribution in [0.15, 0.2) is 14.4 Å². The summed E-state index contributed by atoms with van der Waals surface area (Å²) in [5.74, 6) is 0.